The Morgan fingerprint density at radius 2 is 1.66 bits per heavy atom. The van der Waals surface area contributed by atoms with E-state index >= 15 is 0 Å². The number of carbonyl (C=O) groups is 2. The predicted molar refractivity (Wildman–Crippen MR) is 111 cm³/mol. The Morgan fingerprint density at radius 1 is 1.03 bits per heavy atom. The van der Waals surface area contributed by atoms with E-state index in [1.807, 2.05) is 48.5 Å². The van der Waals surface area contributed by atoms with Crippen LogP contribution in [0.25, 0.3) is 11.1 Å². The maximum Gasteiger partial charge on any atom is 0.248 e. The van der Waals surface area contributed by atoms with Gasteiger partial charge in [-0.05, 0) is 48.1 Å². The summed E-state index contributed by atoms with van der Waals surface area (Å²) in [5, 5.41) is 0. The fourth-order valence-electron chi connectivity index (χ4n) is 3.98. The number of benzene rings is 2. The van der Waals surface area contributed by atoms with Crippen molar-refractivity contribution in [1.82, 2.24) is 4.90 Å². The van der Waals surface area contributed by atoms with Gasteiger partial charge in [-0.2, -0.15) is 0 Å². The molecule has 6 nitrogen and oxygen atoms in total. The van der Waals surface area contributed by atoms with E-state index in [9.17, 15) is 9.59 Å². The third kappa shape index (κ3) is 4.77. The summed E-state index contributed by atoms with van der Waals surface area (Å²) in [5.41, 5.74) is 8.28. The number of ether oxygens (including phenoxy) is 2. The molecule has 3 rings (SSSR count). The zero-order chi connectivity index (χ0) is 20.9. The van der Waals surface area contributed by atoms with E-state index in [1.165, 1.54) is 7.11 Å². The molecule has 2 N–H and O–H groups in total. The van der Waals surface area contributed by atoms with E-state index in [4.69, 9.17) is 15.2 Å². The van der Waals surface area contributed by atoms with Crippen LogP contribution in [0.5, 0.6) is 5.75 Å². The Kier molecular flexibility index (Phi) is 6.54. The molecule has 0 spiro atoms. The molecule has 29 heavy (non-hydrogen) atoms. The molecule has 0 radical (unpaired) electrons. The smallest absolute Gasteiger partial charge is 0.248 e. The van der Waals surface area contributed by atoms with Gasteiger partial charge in [0.2, 0.25) is 11.8 Å². The van der Waals surface area contributed by atoms with Crippen LogP contribution in [0.15, 0.2) is 48.5 Å². The van der Waals surface area contributed by atoms with E-state index < -0.39 is 5.41 Å². The summed E-state index contributed by atoms with van der Waals surface area (Å²) >= 11 is 0. The second kappa shape index (κ2) is 9.09. The van der Waals surface area contributed by atoms with Crippen LogP contribution >= 0.6 is 0 Å². The molecule has 154 valence electrons. The summed E-state index contributed by atoms with van der Waals surface area (Å²) in [6, 6.07) is 16.0. The monoisotopic (exact) mass is 396 g/mol. The first-order valence-electron chi connectivity index (χ1n) is 9.77. The SMILES string of the molecule is COCC(=O)N1CCCC(Cc2ccc(-c3ccc(OC)cc3)cc2)(C(N)=O)C1. The number of rotatable bonds is 7. The third-order valence-corrected chi connectivity index (χ3v) is 5.64. The molecule has 1 heterocycles. The van der Waals surface area contributed by atoms with Crippen LogP contribution in [0.3, 0.4) is 0 Å². The van der Waals surface area contributed by atoms with Gasteiger partial charge in [0.1, 0.15) is 12.4 Å². The summed E-state index contributed by atoms with van der Waals surface area (Å²) in [6.45, 7) is 0.990. The Morgan fingerprint density at radius 3 is 2.21 bits per heavy atom. The highest BCUT2D eigenvalue weighted by Gasteiger charge is 2.42. The molecule has 2 amide bonds. The third-order valence-electron chi connectivity index (χ3n) is 5.64. The summed E-state index contributed by atoms with van der Waals surface area (Å²) in [5.74, 6) is 0.359. The number of nitrogens with two attached hydrogens (primary N) is 1. The first-order chi connectivity index (χ1) is 14.0. The summed E-state index contributed by atoms with van der Waals surface area (Å²) in [6.07, 6.45) is 1.95. The lowest BCUT2D eigenvalue weighted by atomic mass is 9.74. The maximum absolute atomic E-state index is 12.4. The molecular formula is C23H28N2O4. The highest BCUT2D eigenvalue weighted by Crippen LogP contribution is 2.34. The second-order valence-corrected chi connectivity index (χ2v) is 7.60. The summed E-state index contributed by atoms with van der Waals surface area (Å²) in [7, 11) is 3.14. The van der Waals surface area contributed by atoms with Gasteiger partial charge in [0, 0.05) is 20.2 Å². The Labute approximate surface area is 171 Å². The molecule has 0 saturated carbocycles. The molecule has 1 unspecified atom stereocenters. The van der Waals surface area contributed by atoms with Crippen molar-refractivity contribution in [2.75, 3.05) is 33.9 Å². The van der Waals surface area contributed by atoms with Crippen LogP contribution in [-0.2, 0) is 20.7 Å². The second-order valence-electron chi connectivity index (χ2n) is 7.60. The lowest BCUT2D eigenvalue weighted by molar-refractivity contribution is -0.142. The summed E-state index contributed by atoms with van der Waals surface area (Å²) in [4.78, 5) is 26.3. The maximum atomic E-state index is 12.4. The van der Waals surface area contributed by atoms with Gasteiger partial charge >= 0.3 is 0 Å². The molecule has 0 aliphatic carbocycles. The highest BCUT2D eigenvalue weighted by atomic mass is 16.5. The van der Waals surface area contributed by atoms with Gasteiger partial charge in [0.25, 0.3) is 0 Å². The van der Waals surface area contributed by atoms with Crippen LogP contribution in [0.1, 0.15) is 18.4 Å². The van der Waals surface area contributed by atoms with Crippen molar-refractivity contribution in [2.45, 2.75) is 19.3 Å². The summed E-state index contributed by atoms with van der Waals surface area (Å²) < 4.78 is 10.2. The molecule has 1 fully saturated rings. The van der Waals surface area contributed by atoms with Crippen LogP contribution < -0.4 is 10.5 Å². The first kappa shape index (κ1) is 20.9. The van der Waals surface area contributed by atoms with Gasteiger partial charge in [0.15, 0.2) is 0 Å². The standard InChI is InChI=1S/C23H28N2O4/c1-28-15-21(26)25-13-3-12-23(16-25,22(24)27)14-17-4-6-18(7-5-17)19-8-10-20(29-2)11-9-19/h4-11H,3,12-16H2,1-2H3,(H2,24,27). The van der Waals surface area contributed by atoms with Gasteiger partial charge in [0.05, 0.1) is 12.5 Å². The van der Waals surface area contributed by atoms with E-state index in [-0.39, 0.29) is 18.4 Å². The van der Waals surface area contributed by atoms with Crippen molar-refractivity contribution in [2.24, 2.45) is 11.1 Å². The number of hydrogen-bond donors (Lipinski definition) is 1. The highest BCUT2D eigenvalue weighted by molar-refractivity contribution is 5.84. The Balaban J connectivity index is 1.76. The molecule has 2 aromatic carbocycles. The number of likely N-dealkylation sites (tertiary alicyclic amines) is 1. The van der Waals surface area contributed by atoms with Crippen LogP contribution in [0.2, 0.25) is 0 Å². The number of amides is 2. The van der Waals surface area contributed by atoms with Crippen molar-refractivity contribution >= 4 is 11.8 Å². The van der Waals surface area contributed by atoms with Gasteiger partial charge in [-0.3, -0.25) is 9.59 Å². The van der Waals surface area contributed by atoms with Crippen molar-refractivity contribution in [3.05, 3.63) is 54.1 Å². The zero-order valence-electron chi connectivity index (χ0n) is 17.0. The molecule has 0 bridgehead atoms. The van der Waals surface area contributed by atoms with Crippen LogP contribution in [0, 0.1) is 5.41 Å². The minimum absolute atomic E-state index is 0.0192. The van der Waals surface area contributed by atoms with Crippen molar-refractivity contribution in [1.29, 1.82) is 0 Å². The molecule has 6 heteroatoms. The van der Waals surface area contributed by atoms with Gasteiger partial charge in [-0.1, -0.05) is 36.4 Å². The quantitative estimate of drug-likeness (QED) is 0.780. The fourth-order valence-corrected chi connectivity index (χ4v) is 3.98. The van der Waals surface area contributed by atoms with Crippen LogP contribution in [-0.4, -0.2) is 50.6 Å². The van der Waals surface area contributed by atoms with E-state index in [2.05, 4.69) is 0 Å². The predicted octanol–water partition coefficient (Wildman–Crippen LogP) is 2.65. The lowest BCUT2D eigenvalue weighted by Crippen LogP contribution is -2.53. The largest absolute Gasteiger partial charge is 0.497 e. The number of carbonyl (C=O) groups excluding carboxylic acids is 2. The lowest BCUT2D eigenvalue weighted by Gasteiger charge is -2.41. The number of methoxy groups -OCH3 is 2. The number of nitrogens with zero attached hydrogens (tertiary/aromatic N) is 1. The minimum atomic E-state index is -0.747. The Hall–Kier alpha value is -2.86. The molecule has 0 aromatic heterocycles. The van der Waals surface area contributed by atoms with Gasteiger partial charge in [-0.15, -0.1) is 0 Å². The normalized spacial score (nSPS) is 19.0. The first-order valence-corrected chi connectivity index (χ1v) is 9.77. The van der Waals surface area contributed by atoms with Crippen molar-refractivity contribution in [3.63, 3.8) is 0 Å². The zero-order valence-corrected chi connectivity index (χ0v) is 17.0. The number of hydrogen-bond acceptors (Lipinski definition) is 4. The molecule has 1 atom stereocenters. The number of piperidine rings is 1. The van der Waals surface area contributed by atoms with Crippen LogP contribution in [0.4, 0.5) is 0 Å². The minimum Gasteiger partial charge on any atom is -0.497 e. The topological polar surface area (TPSA) is 81.9 Å². The molecule has 2 aromatic rings. The van der Waals surface area contributed by atoms with E-state index in [1.54, 1.807) is 12.0 Å². The number of primary amides is 1. The molecule has 1 aliphatic heterocycles. The average molecular weight is 396 g/mol. The Bertz CT molecular complexity index is 848. The fraction of sp³-hybridized carbons (Fsp3) is 0.391. The van der Waals surface area contributed by atoms with E-state index in [0.717, 1.165) is 28.9 Å². The van der Waals surface area contributed by atoms with E-state index in [0.29, 0.717) is 25.9 Å². The van der Waals surface area contributed by atoms with Crippen molar-refractivity contribution < 1.29 is 19.1 Å². The molecular weight excluding hydrogens is 368 g/mol. The molecule has 1 saturated heterocycles. The van der Waals surface area contributed by atoms with Crippen molar-refractivity contribution in [3.8, 4) is 16.9 Å². The average Bonchev–Trinajstić information content (AvgIpc) is 2.74. The molecule has 1 aliphatic rings. The van der Waals surface area contributed by atoms with Gasteiger partial charge in [-0.25, -0.2) is 0 Å². The van der Waals surface area contributed by atoms with Gasteiger partial charge < -0.3 is 20.1 Å².